The molecule has 2 aliphatic heterocycles. The Labute approximate surface area is 188 Å². The molecular formula is C22H29N3O6S. The number of morpholine rings is 2. The fourth-order valence-corrected chi connectivity index (χ4v) is 5.59. The van der Waals surface area contributed by atoms with Gasteiger partial charge in [-0.3, -0.25) is 4.79 Å². The first kappa shape index (κ1) is 22.8. The van der Waals surface area contributed by atoms with Gasteiger partial charge in [-0.05, 0) is 37.3 Å². The van der Waals surface area contributed by atoms with E-state index >= 15 is 0 Å². The third-order valence-corrected chi connectivity index (χ3v) is 7.55. The summed E-state index contributed by atoms with van der Waals surface area (Å²) in [5, 5.41) is 2.93. The van der Waals surface area contributed by atoms with Crippen molar-refractivity contribution in [2.75, 3.05) is 57.5 Å². The number of nitrogens with zero attached hydrogens (tertiary/aromatic N) is 2. The van der Waals surface area contributed by atoms with Crippen molar-refractivity contribution < 1.29 is 27.1 Å². The zero-order valence-electron chi connectivity index (χ0n) is 18.2. The number of benzene rings is 1. The summed E-state index contributed by atoms with van der Waals surface area (Å²) in [5.41, 5.74) is 0.903. The van der Waals surface area contributed by atoms with Gasteiger partial charge in [-0.1, -0.05) is 0 Å². The highest BCUT2D eigenvalue weighted by atomic mass is 32.2. The molecule has 1 N–H and O–H groups in total. The molecule has 9 nitrogen and oxygen atoms in total. The van der Waals surface area contributed by atoms with Gasteiger partial charge in [0.1, 0.15) is 10.7 Å². The minimum absolute atomic E-state index is 0.146. The Morgan fingerprint density at radius 3 is 2.41 bits per heavy atom. The first-order valence-electron chi connectivity index (χ1n) is 10.8. The van der Waals surface area contributed by atoms with E-state index in [1.165, 1.54) is 10.4 Å². The number of rotatable bonds is 7. The molecule has 1 amide bonds. The van der Waals surface area contributed by atoms with Gasteiger partial charge in [0.25, 0.3) is 5.91 Å². The molecule has 4 rings (SSSR count). The molecule has 1 atom stereocenters. The van der Waals surface area contributed by atoms with Crippen molar-refractivity contribution in [1.82, 2.24) is 9.62 Å². The fraction of sp³-hybridized carbons (Fsp3) is 0.500. The average molecular weight is 464 g/mol. The molecule has 0 saturated carbocycles. The molecule has 2 aromatic rings. The van der Waals surface area contributed by atoms with Crippen LogP contribution in [0.1, 0.15) is 23.0 Å². The second-order valence-electron chi connectivity index (χ2n) is 7.96. The number of amides is 1. The van der Waals surface area contributed by atoms with Crippen LogP contribution < -0.4 is 10.2 Å². The molecule has 32 heavy (non-hydrogen) atoms. The summed E-state index contributed by atoms with van der Waals surface area (Å²) in [6.07, 6.45) is 2.14. The maximum absolute atomic E-state index is 13.5. The largest absolute Gasteiger partial charge is 0.469 e. The molecule has 0 spiro atoms. The third-order valence-electron chi connectivity index (χ3n) is 5.63. The molecule has 1 aromatic carbocycles. The van der Waals surface area contributed by atoms with Crippen LogP contribution in [0.4, 0.5) is 5.69 Å². The lowest BCUT2D eigenvalue weighted by atomic mass is 10.1. The number of carbonyl (C=O) groups is 1. The number of furan rings is 1. The number of carbonyl (C=O) groups excluding carboxylic acids is 1. The number of hydrogen-bond donors (Lipinski definition) is 1. The van der Waals surface area contributed by atoms with Crippen LogP contribution in [-0.2, 0) is 25.9 Å². The summed E-state index contributed by atoms with van der Waals surface area (Å²) in [7, 11) is -3.79. The first-order chi connectivity index (χ1) is 15.4. The van der Waals surface area contributed by atoms with Crippen molar-refractivity contribution in [2.24, 2.45) is 0 Å². The van der Waals surface area contributed by atoms with Crippen LogP contribution in [0.5, 0.6) is 0 Å². The van der Waals surface area contributed by atoms with Crippen molar-refractivity contribution in [2.45, 2.75) is 24.3 Å². The molecule has 2 saturated heterocycles. The van der Waals surface area contributed by atoms with Crippen LogP contribution >= 0.6 is 0 Å². The van der Waals surface area contributed by atoms with Crippen molar-refractivity contribution in [3.05, 3.63) is 47.9 Å². The Kier molecular flexibility index (Phi) is 7.14. The third kappa shape index (κ3) is 5.15. The van der Waals surface area contributed by atoms with Gasteiger partial charge in [0, 0.05) is 44.2 Å². The summed E-state index contributed by atoms with van der Waals surface area (Å²) in [5.74, 6) is 0.451. The Balaban J connectivity index is 1.61. The van der Waals surface area contributed by atoms with Gasteiger partial charge in [0.2, 0.25) is 10.0 Å². The van der Waals surface area contributed by atoms with Gasteiger partial charge in [0.15, 0.2) is 0 Å². The van der Waals surface area contributed by atoms with E-state index in [9.17, 15) is 13.2 Å². The Morgan fingerprint density at radius 1 is 1.06 bits per heavy atom. The molecule has 10 heteroatoms. The molecule has 3 heterocycles. The minimum atomic E-state index is -3.79. The van der Waals surface area contributed by atoms with Crippen LogP contribution in [0.25, 0.3) is 0 Å². The highest BCUT2D eigenvalue weighted by Crippen LogP contribution is 2.30. The lowest BCUT2D eigenvalue weighted by Gasteiger charge is -2.32. The van der Waals surface area contributed by atoms with Gasteiger partial charge in [-0.15, -0.1) is 0 Å². The minimum Gasteiger partial charge on any atom is -0.469 e. The van der Waals surface area contributed by atoms with E-state index in [0.29, 0.717) is 70.3 Å². The predicted octanol–water partition coefficient (Wildman–Crippen LogP) is 1.50. The SMILES string of the molecule is C[C@@H](Cc1ccco1)NC(=O)c1ccc(N2CCOCC2)c(S(=O)(=O)N2CCOCC2)c1. The zero-order valence-corrected chi connectivity index (χ0v) is 19.0. The van der Waals surface area contributed by atoms with E-state index < -0.39 is 10.0 Å². The van der Waals surface area contributed by atoms with E-state index in [1.54, 1.807) is 24.5 Å². The van der Waals surface area contributed by atoms with Crippen LogP contribution in [0.3, 0.4) is 0 Å². The molecule has 0 unspecified atom stereocenters. The lowest BCUT2D eigenvalue weighted by molar-refractivity contribution is 0.0730. The fourth-order valence-electron chi connectivity index (χ4n) is 3.94. The molecule has 2 fully saturated rings. The molecule has 1 aromatic heterocycles. The van der Waals surface area contributed by atoms with Crippen molar-refractivity contribution in [1.29, 1.82) is 0 Å². The summed E-state index contributed by atoms with van der Waals surface area (Å²) in [4.78, 5) is 15.1. The second kappa shape index (κ2) is 10.0. The quantitative estimate of drug-likeness (QED) is 0.664. The maximum atomic E-state index is 13.5. The summed E-state index contributed by atoms with van der Waals surface area (Å²) < 4.78 is 44.6. The standard InChI is InChI=1S/C22H29N3O6S/c1-17(15-19-3-2-10-31-19)23-22(26)18-4-5-20(24-6-11-29-12-7-24)21(16-18)32(27,28)25-8-13-30-14-9-25/h2-5,10,16-17H,6-9,11-15H2,1H3,(H,23,26)/t17-/m0/s1. The predicted molar refractivity (Wildman–Crippen MR) is 118 cm³/mol. The van der Waals surface area contributed by atoms with Gasteiger partial charge in [-0.2, -0.15) is 4.31 Å². The smallest absolute Gasteiger partial charge is 0.251 e. The number of ether oxygens (including phenoxy) is 2. The summed E-state index contributed by atoms with van der Waals surface area (Å²) >= 11 is 0. The van der Waals surface area contributed by atoms with Crippen LogP contribution in [0.15, 0.2) is 45.9 Å². The van der Waals surface area contributed by atoms with Crippen molar-refractivity contribution in [3.63, 3.8) is 0 Å². The molecule has 0 bridgehead atoms. The number of nitrogens with one attached hydrogen (secondary N) is 1. The Hall–Kier alpha value is -2.40. The van der Waals surface area contributed by atoms with Gasteiger partial charge in [0.05, 0.1) is 38.4 Å². The molecule has 2 aliphatic rings. The maximum Gasteiger partial charge on any atom is 0.251 e. The van der Waals surface area contributed by atoms with Crippen LogP contribution in [-0.4, -0.2) is 77.3 Å². The van der Waals surface area contributed by atoms with Crippen molar-refractivity contribution >= 4 is 21.6 Å². The van der Waals surface area contributed by atoms with Crippen LogP contribution in [0.2, 0.25) is 0 Å². The second-order valence-corrected chi connectivity index (χ2v) is 9.86. The van der Waals surface area contributed by atoms with Gasteiger partial charge < -0.3 is 24.1 Å². The highest BCUT2D eigenvalue weighted by Gasteiger charge is 2.31. The summed E-state index contributed by atoms with van der Waals surface area (Å²) in [6, 6.07) is 8.38. The zero-order chi connectivity index (χ0) is 22.6. The average Bonchev–Trinajstić information content (AvgIpc) is 3.32. The molecule has 0 radical (unpaired) electrons. The van der Waals surface area contributed by atoms with Gasteiger partial charge >= 0.3 is 0 Å². The van der Waals surface area contributed by atoms with E-state index in [2.05, 4.69) is 5.32 Å². The van der Waals surface area contributed by atoms with E-state index in [-0.39, 0.29) is 16.8 Å². The summed E-state index contributed by atoms with van der Waals surface area (Å²) in [6.45, 7) is 5.44. The molecule has 174 valence electrons. The van der Waals surface area contributed by atoms with E-state index in [0.717, 1.165) is 5.76 Å². The topological polar surface area (TPSA) is 101 Å². The number of hydrogen-bond acceptors (Lipinski definition) is 7. The number of sulfonamides is 1. The monoisotopic (exact) mass is 463 g/mol. The normalized spacial score (nSPS) is 19.0. The highest BCUT2D eigenvalue weighted by molar-refractivity contribution is 7.89. The lowest BCUT2D eigenvalue weighted by Crippen LogP contribution is -2.42. The van der Waals surface area contributed by atoms with Crippen molar-refractivity contribution in [3.8, 4) is 0 Å². The van der Waals surface area contributed by atoms with Crippen LogP contribution in [0, 0.1) is 0 Å². The van der Waals surface area contributed by atoms with E-state index in [4.69, 9.17) is 13.9 Å². The first-order valence-corrected chi connectivity index (χ1v) is 12.3. The molecular weight excluding hydrogens is 434 g/mol. The molecule has 0 aliphatic carbocycles. The Bertz CT molecular complexity index is 1010. The van der Waals surface area contributed by atoms with E-state index in [1.807, 2.05) is 17.9 Å². The van der Waals surface area contributed by atoms with Gasteiger partial charge in [-0.25, -0.2) is 8.42 Å². The number of anilines is 1. The Morgan fingerprint density at radius 2 is 1.75 bits per heavy atom.